The molecule has 0 atom stereocenters. The largest absolute Gasteiger partial charge is 0.476 e. The van der Waals surface area contributed by atoms with Crippen LogP contribution in [0.25, 0.3) is 38.9 Å². The minimum atomic E-state index is 0.547. The van der Waals surface area contributed by atoms with E-state index in [1.165, 1.54) is 5.56 Å². The Labute approximate surface area is 162 Å². The molecule has 0 saturated carbocycles. The van der Waals surface area contributed by atoms with Crippen LogP contribution in [0.3, 0.4) is 0 Å². The van der Waals surface area contributed by atoms with Crippen LogP contribution in [0.15, 0.2) is 78.9 Å². The first-order valence-corrected chi connectivity index (χ1v) is 9.28. The third-order valence-electron chi connectivity index (χ3n) is 4.76. The monoisotopic (exact) mass is 366 g/mol. The molecule has 0 aliphatic carbocycles. The molecular formula is C23H18N4O. The van der Waals surface area contributed by atoms with Gasteiger partial charge in [-0.25, -0.2) is 0 Å². The van der Waals surface area contributed by atoms with Crippen LogP contribution in [0.5, 0.6) is 5.88 Å². The molecule has 0 spiro atoms. The van der Waals surface area contributed by atoms with E-state index >= 15 is 0 Å². The van der Waals surface area contributed by atoms with Gasteiger partial charge in [-0.1, -0.05) is 72.8 Å². The van der Waals surface area contributed by atoms with E-state index in [1.54, 1.807) is 4.52 Å². The maximum Gasteiger partial charge on any atom is 0.239 e. The Bertz CT molecular complexity index is 1260. The number of aromatic nitrogens is 4. The average molecular weight is 366 g/mol. The van der Waals surface area contributed by atoms with Crippen LogP contribution in [-0.2, 0) is 0 Å². The van der Waals surface area contributed by atoms with Gasteiger partial charge in [0.25, 0.3) is 0 Å². The quantitative estimate of drug-likeness (QED) is 0.449. The molecule has 5 heteroatoms. The summed E-state index contributed by atoms with van der Waals surface area (Å²) in [6.07, 6.45) is 0. The van der Waals surface area contributed by atoms with Gasteiger partial charge in [0, 0.05) is 16.3 Å². The van der Waals surface area contributed by atoms with E-state index in [0.29, 0.717) is 18.3 Å². The molecule has 0 aliphatic heterocycles. The van der Waals surface area contributed by atoms with Gasteiger partial charge in [-0.3, -0.25) is 0 Å². The normalized spacial score (nSPS) is 11.2. The van der Waals surface area contributed by atoms with Crippen LogP contribution < -0.4 is 4.74 Å². The number of rotatable bonds is 4. The van der Waals surface area contributed by atoms with E-state index in [2.05, 4.69) is 51.7 Å². The van der Waals surface area contributed by atoms with E-state index in [4.69, 9.17) is 4.74 Å². The molecule has 0 fully saturated rings. The Morgan fingerprint density at radius 1 is 0.714 bits per heavy atom. The summed E-state index contributed by atoms with van der Waals surface area (Å²) >= 11 is 0. The number of hydrogen-bond donors (Lipinski definition) is 0. The Morgan fingerprint density at radius 2 is 1.36 bits per heavy atom. The summed E-state index contributed by atoms with van der Waals surface area (Å²) in [6, 6.07) is 26.6. The minimum Gasteiger partial charge on any atom is -0.476 e. The van der Waals surface area contributed by atoms with Crippen molar-refractivity contribution in [2.24, 2.45) is 0 Å². The molecule has 0 N–H and O–H groups in total. The second kappa shape index (κ2) is 6.78. The highest BCUT2D eigenvalue weighted by Crippen LogP contribution is 2.29. The molecule has 2 heterocycles. The predicted molar refractivity (Wildman–Crippen MR) is 110 cm³/mol. The van der Waals surface area contributed by atoms with Crippen molar-refractivity contribution in [2.45, 2.75) is 6.92 Å². The third-order valence-corrected chi connectivity index (χ3v) is 4.76. The SMILES string of the molecule is CCOc1nn2c(-c3ccc(-c4ccccc4)cc3)nnc2c2ccccc12. The Balaban J connectivity index is 1.65. The zero-order valence-corrected chi connectivity index (χ0v) is 15.4. The van der Waals surface area contributed by atoms with Crippen molar-refractivity contribution < 1.29 is 4.74 Å². The molecular weight excluding hydrogens is 348 g/mol. The highest BCUT2D eigenvalue weighted by molar-refractivity contribution is 5.97. The summed E-state index contributed by atoms with van der Waals surface area (Å²) in [5.41, 5.74) is 4.02. The zero-order valence-electron chi connectivity index (χ0n) is 15.4. The van der Waals surface area contributed by atoms with Crippen LogP contribution in [0.4, 0.5) is 0 Å². The average Bonchev–Trinajstić information content (AvgIpc) is 3.19. The van der Waals surface area contributed by atoms with E-state index in [-0.39, 0.29) is 0 Å². The van der Waals surface area contributed by atoms with Crippen molar-refractivity contribution in [2.75, 3.05) is 6.61 Å². The third kappa shape index (κ3) is 2.68. The molecule has 136 valence electrons. The molecule has 5 rings (SSSR count). The second-order valence-electron chi connectivity index (χ2n) is 6.49. The fourth-order valence-electron chi connectivity index (χ4n) is 3.42. The summed E-state index contributed by atoms with van der Waals surface area (Å²) in [4.78, 5) is 0. The van der Waals surface area contributed by atoms with Crippen LogP contribution in [-0.4, -0.2) is 26.4 Å². The highest BCUT2D eigenvalue weighted by Gasteiger charge is 2.16. The van der Waals surface area contributed by atoms with E-state index in [0.717, 1.165) is 27.5 Å². The molecule has 5 nitrogen and oxygen atoms in total. The van der Waals surface area contributed by atoms with Gasteiger partial charge < -0.3 is 4.74 Å². The van der Waals surface area contributed by atoms with Crippen LogP contribution in [0.1, 0.15) is 6.92 Å². The summed E-state index contributed by atoms with van der Waals surface area (Å²) in [5, 5.41) is 15.4. The summed E-state index contributed by atoms with van der Waals surface area (Å²) in [5.74, 6) is 1.29. The van der Waals surface area contributed by atoms with Crippen molar-refractivity contribution in [1.29, 1.82) is 0 Å². The molecule has 0 radical (unpaired) electrons. The van der Waals surface area contributed by atoms with E-state index < -0.39 is 0 Å². The highest BCUT2D eigenvalue weighted by atomic mass is 16.5. The zero-order chi connectivity index (χ0) is 18.9. The molecule has 0 bridgehead atoms. The lowest BCUT2D eigenvalue weighted by Gasteiger charge is -2.08. The number of ether oxygens (including phenoxy) is 1. The van der Waals surface area contributed by atoms with Gasteiger partial charge in [-0.05, 0) is 24.1 Å². The summed E-state index contributed by atoms with van der Waals surface area (Å²) in [7, 11) is 0. The van der Waals surface area contributed by atoms with Gasteiger partial charge >= 0.3 is 0 Å². The fourth-order valence-corrected chi connectivity index (χ4v) is 3.42. The minimum absolute atomic E-state index is 0.547. The molecule has 0 amide bonds. The number of hydrogen-bond acceptors (Lipinski definition) is 4. The van der Waals surface area contributed by atoms with Crippen molar-refractivity contribution in [3.8, 4) is 28.4 Å². The first-order valence-electron chi connectivity index (χ1n) is 9.28. The first kappa shape index (κ1) is 16.4. The van der Waals surface area contributed by atoms with Crippen LogP contribution in [0, 0.1) is 0 Å². The van der Waals surface area contributed by atoms with Gasteiger partial charge in [0.1, 0.15) is 0 Å². The molecule has 3 aromatic carbocycles. The number of nitrogens with zero attached hydrogens (tertiary/aromatic N) is 4. The maximum atomic E-state index is 5.78. The summed E-state index contributed by atoms with van der Waals surface area (Å²) in [6.45, 7) is 2.50. The van der Waals surface area contributed by atoms with Crippen molar-refractivity contribution >= 4 is 16.4 Å². The van der Waals surface area contributed by atoms with Gasteiger partial charge in [0.15, 0.2) is 11.5 Å². The van der Waals surface area contributed by atoms with Gasteiger partial charge in [0.2, 0.25) is 5.88 Å². The standard InChI is InChI=1S/C23H18N4O/c1-2-28-23-20-11-7-6-10-19(20)22-25-24-21(27(22)26-23)18-14-12-17(13-15-18)16-8-4-3-5-9-16/h3-15H,2H2,1H3. The van der Waals surface area contributed by atoms with Crippen molar-refractivity contribution in [1.82, 2.24) is 19.8 Å². The lowest BCUT2D eigenvalue weighted by molar-refractivity contribution is 0.326. The molecule has 2 aromatic heterocycles. The predicted octanol–water partition coefficient (Wildman–Crippen LogP) is 5.01. The molecule has 0 aliphatic rings. The Morgan fingerprint density at radius 3 is 2.11 bits per heavy atom. The molecule has 0 saturated heterocycles. The lowest BCUT2D eigenvalue weighted by atomic mass is 10.0. The maximum absolute atomic E-state index is 5.78. The van der Waals surface area contributed by atoms with Crippen molar-refractivity contribution in [3.63, 3.8) is 0 Å². The van der Waals surface area contributed by atoms with Gasteiger partial charge in [-0.2, -0.15) is 4.52 Å². The van der Waals surface area contributed by atoms with Gasteiger partial charge in [0.05, 0.1) is 6.61 Å². The fraction of sp³-hybridized carbons (Fsp3) is 0.0870. The van der Waals surface area contributed by atoms with Crippen molar-refractivity contribution in [3.05, 3.63) is 78.9 Å². The Kier molecular flexibility index (Phi) is 3.98. The Hall–Kier alpha value is -3.73. The molecule has 5 aromatic rings. The van der Waals surface area contributed by atoms with E-state index in [9.17, 15) is 0 Å². The first-order chi connectivity index (χ1) is 13.8. The van der Waals surface area contributed by atoms with Crippen LogP contribution >= 0.6 is 0 Å². The lowest BCUT2D eigenvalue weighted by Crippen LogP contribution is -2.02. The molecule has 0 unspecified atom stereocenters. The number of fused-ring (bicyclic) bond motifs is 3. The topological polar surface area (TPSA) is 52.3 Å². The molecule has 28 heavy (non-hydrogen) atoms. The second-order valence-corrected chi connectivity index (χ2v) is 6.49. The number of benzene rings is 3. The summed E-state index contributed by atoms with van der Waals surface area (Å²) < 4.78 is 7.55. The smallest absolute Gasteiger partial charge is 0.239 e. The van der Waals surface area contributed by atoms with Crippen LogP contribution in [0.2, 0.25) is 0 Å². The van der Waals surface area contributed by atoms with E-state index in [1.807, 2.05) is 49.4 Å². The van der Waals surface area contributed by atoms with Gasteiger partial charge in [-0.15, -0.1) is 15.3 Å².